The van der Waals surface area contributed by atoms with Crippen LogP contribution in [0.15, 0.2) is 29.6 Å². The first-order valence-electron chi connectivity index (χ1n) is 5.91. The van der Waals surface area contributed by atoms with E-state index in [-0.39, 0.29) is 0 Å². The molecule has 1 N–H and O–H groups in total. The second-order valence-corrected chi connectivity index (χ2v) is 5.34. The second-order valence-electron chi connectivity index (χ2n) is 4.27. The van der Waals surface area contributed by atoms with Gasteiger partial charge in [0.1, 0.15) is 0 Å². The summed E-state index contributed by atoms with van der Waals surface area (Å²) in [5.41, 5.74) is 3.88. The molecule has 90 valence electrons. The molecule has 2 aromatic rings. The minimum Gasteiger partial charge on any atom is -0.311 e. The zero-order valence-electron chi connectivity index (χ0n) is 10.4. The Kier molecular flexibility index (Phi) is 4.29. The number of nitrogens with one attached hydrogen (secondary N) is 1. The van der Waals surface area contributed by atoms with E-state index in [2.05, 4.69) is 46.9 Å². The topological polar surface area (TPSA) is 24.9 Å². The maximum absolute atomic E-state index is 4.43. The molecule has 0 fully saturated rings. The van der Waals surface area contributed by atoms with Crippen molar-refractivity contribution in [3.05, 3.63) is 51.5 Å². The highest BCUT2D eigenvalue weighted by atomic mass is 32.1. The van der Waals surface area contributed by atoms with Crippen LogP contribution in [0.3, 0.4) is 0 Å². The van der Waals surface area contributed by atoms with Gasteiger partial charge in [-0.15, -0.1) is 11.3 Å². The van der Waals surface area contributed by atoms with E-state index < -0.39 is 0 Å². The van der Waals surface area contributed by atoms with Crippen molar-refractivity contribution >= 4 is 11.3 Å². The van der Waals surface area contributed by atoms with E-state index >= 15 is 0 Å². The predicted octanol–water partition coefficient (Wildman–Crippen LogP) is 3.09. The molecule has 0 atom stereocenters. The van der Waals surface area contributed by atoms with Gasteiger partial charge in [-0.3, -0.25) is 0 Å². The van der Waals surface area contributed by atoms with E-state index in [0.29, 0.717) is 0 Å². The molecule has 2 rings (SSSR count). The van der Waals surface area contributed by atoms with Gasteiger partial charge in [-0.05, 0) is 32.4 Å². The molecular weight excluding hydrogens is 228 g/mol. The molecule has 1 heterocycles. The van der Waals surface area contributed by atoms with Crippen LogP contribution in [0, 0.1) is 13.8 Å². The second kappa shape index (κ2) is 5.94. The highest BCUT2D eigenvalue weighted by Gasteiger charge is 1.98. The van der Waals surface area contributed by atoms with Crippen molar-refractivity contribution in [2.45, 2.75) is 26.8 Å². The number of hydrogen-bond acceptors (Lipinski definition) is 3. The van der Waals surface area contributed by atoms with E-state index in [1.807, 2.05) is 6.92 Å². The Hall–Kier alpha value is -1.19. The average molecular weight is 246 g/mol. The summed E-state index contributed by atoms with van der Waals surface area (Å²) in [4.78, 5) is 4.43. The number of benzene rings is 1. The van der Waals surface area contributed by atoms with Crippen molar-refractivity contribution in [3.8, 4) is 0 Å². The van der Waals surface area contributed by atoms with Crippen molar-refractivity contribution in [2.24, 2.45) is 0 Å². The summed E-state index contributed by atoms with van der Waals surface area (Å²) in [6.45, 7) is 6.05. The zero-order chi connectivity index (χ0) is 12.1. The number of hydrogen-bond donors (Lipinski definition) is 1. The molecule has 0 radical (unpaired) electrons. The summed E-state index contributed by atoms with van der Waals surface area (Å²) < 4.78 is 0. The number of nitrogens with zero attached hydrogens (tertiary/aromatic N) is 1. The molecule has 17 heavy (non-hydrogen) atoms. The first-order valence-corrected chi connectivity index (χ1v) is 6.79. The maximum Gasteiger partial charge on any atom is 0.0897 e. The van der Waals surface area contributed by atoms with Crippen LogP contribution in [0.5, 0.6) is 0 Å². The van der Waals surface area contributed by atoms with Crippen LogP contribution in [0.25, 0.3) is 0 Å². The Morgan fingerprint density at radius 2 is 2.18 bits per heavy atom. The lowest BCUT2D eigenvalue weighted by Gasteiger charge is -2.04. The normalized spacial score (nSPS) is 10.7. The molecule has 1 aromatic heterocycles. The molecule has 0 spiro atoms. The van der Waals surface area contributed by atoms with Gasteiger partial charge in [0.25, 0.3) is 0 Å². The molecule has 2 nitrogen and oxygen atoms in total. The van der Waals surface area contributed by atoms with E-state index in [1.54, 1.807) is 11.3 Å². The molecule has 3 heteroatoms. The van der Waals surface area contributed by atoms with E-state index in [0.717, 1.165) is 30.2 Å². The van der Waals surface area contributed by atoms with E-state index in [4.69, 9.17) is 0 Å². The zero-order valence-corrected chi connectivity index (χ0v) is 11.2. The Morgan fingerprint density at radius 1 is 1.29 bits per heavy atom. The van der Waals surface area contributed by atoms with Crippen molar-refractivity contribution in [1.29, 1.82) is 0 Å². The van der Waals surface area contributed by atoms with Crippen molar-refractivity contribution < 1.29 is 0 Å². The molecule has 1 aromatic carbocycles. The van der Waals surface area contributed by atoms with Crippen LogP contribution >= 0.6 is 11.3 Å². The van der Waals surface area contributed by atoms with Gasteiger partial charge in [-0.2, -0.15) is 0 Å². The third kappa shape index (κ3) is 3.95. The summed E-state index contributed by atoms with van der Waals surface area (Å²) in [7, 11) is 0. The molecule has 0 aliphatic heterocycles. The highest BCUT2D eigenvalue weighted by molar-refractivity contribution is 7.09. The fraction of sp³-hybridized carbons (Fsp3) is 0.357. The number of aryl methyl sites for hydroxylation is 2. The monoisotopic (exact) mass is 246 g/mol. The van der Waals surface area contributed by atoms with Gasteiger partial charge in [0.15, 0.2) is 0 Å². The smallest absolute Gasteiger partial charge is 0.0897 e. The Bertz CT molecular complexity index is 477. The Morgan fingerprint density at radius 3 is 2.88 bits per heavy atom. The van der Waals surface area contributed by atoms with E-state index in [9.17, 15) is 0 Å². The lowest BCUT2D eigenvalue weighted by molar-refractivity contribution is 0.676. The minimum atomic E-state index is 0.871. The van der Waals surface area contributed by atoms with Crippen LogP contribution in [0.4, 0.5) is 0 Å². The van der Waals surface area contributed by atoms with Crippen molar-refractivity contribution in [3.63, 3.8) is 0 Å². The van der Waals surface area contributed by atoms with Crippen LogP contribution in [0.1, 0.15) is 21.8 Å². The molecule has 0 unspecified atom stereocenters. The maximum atomic E-state index is 4.43. The van der Waals surface area contributed by atoms with E-state index in [1.165, 1.54) is 11.1 Å². The van der Waals surface area contributed by atoms with Crippen LogP contribution in [0.2, 0.25) is 0 Å². The van der Waals surface area contributed by atoms with Crippen molar-refractivity contribution in [2.75, 3.05) is 6.54 Å². The molecule has 0 saturated heterocycles. The summed E-state index contributed by atoms with van der Waals surface area (Å²) in [6, 6.07) is 8.68. The van der Waals surface area contributed by atoms with Gasteiger partial charge >= 0.3 is 0 Å². The van der Waals surface area contributed by atoms with Crippen LogP contribution < -0.4 is 5.32 Å². The van der Waals surface area contributed by atoms with Crippen LogP contribution in [-0.2, 0) is 13.0 Å². The first kappa shape index (κ1) is 12.3. The van der Waals surface area contributed by atoms with Gasteiger partial charge in [0, 0.05) is 11.9 Å². The lowest BCUT2D eigenvalue weighted by Crippen LogP contribution is -2.16. The van der Waals surface area contributed by atoms with Gasteiger partial charge in [-0.25, -0.2) is 4.98 Å². The SMILES string of the molecule is Cc1cccc(CCNCc2csc(C)n2)c1. The summed E-state index contributed by atoms with van der Waals surface area (Å²) in [6.07, 6.45) is 1.07. The quantitative estimate of drug-likeness (QED) is 0.820. The molecule has 0 bridgehead atoms. The highest BCUT2D eigenvalue weighted by Crippen LogP contribution is 2.07. The Balaban J connectivity index is 1.73. The number of aromatic nitrogens is 1. The first-order chi connectivity index (χ1) is 8.24. The Labute approximate surface area is 107 Å². The predicted molar refractivity (Wildman–Crippen MR) is 73.4 cm³/mol. The largest absolute Gasteiger partial charge is 0.311 e. The fourth-order valence-corrected chi connectivity index (χ4v) is 2.42. The third-order valence-corrected chi connectivity index (χ3v) is 3.47. The summed E-state index contributed by atoms with van der Waals surface area (Å²) in [5, 5.41) is 6.69. The standard InChI is InChI=1S/C14H18N2S/c1-11-4-3-5-13(8-11)6-7-15-9-14-10-17-12(2)16-14/h3-5,8,10,15H,6-7,9H2,1-2H3. The number of thiazole rings is 1. The lowest BCUT2D eigenvalue weighted by atomic mass is 10.1. The van der Waals surface area contributed by atoms with Gasteiger partial charge in [-0.1, -0.05) is 29.8 Å². The fourth-order valence-electron chi connectivity index (χ4n) is 1.81. The molecule has 0 aliphatic rings. The molecule has 0 amide bonds. The molecule has 0 aliphatic carbocycles. The van der Waals surface area contributed by atoms with Gasteiger partial charge in [0.05, 0.1) is 10.7 Å². The average Bonchev–Trinajstić information content (AvgIpc) is 2.71. The number of rotatable bonds is 5. The minimum absolute atomic E-state index is 0.871. The summed E-state index contributed by atoms with van der Waals surface area (Å²) in [5.74, 6) is 0. The third-order valence-electron chi connectivity index (χ3n) is 2.65. The molecular formula is C14H18N2S. The van der Waals surface area contributed by atoms with Gasteiger partial charge < -0.3 is 5.32 Å². The molecule has 0 saturated carbocycles. The van der Waals surface area contributed by atoms with Gasteiger partial charge in [0.2, 0.25) is 0 Å². The van der Waals surface area contributed by atoms with Crippen molar-refractivity contribution in [1.82, 2.24) is 10.3 Å². The van der Waals surface area contributed by atoms with Crippen LogP contribution in [-0.4, -0.2) is 11.5 Å². The summed E-state index contributed by atoms with van der Waals surface area (Å²) >= 11 is 1.71.